The van der Waals surface area contributed by atoms with Crippen molar-refractivity contribution in [1.29, 1.82) is 0 Å². The number of rotatable bonds is 9. The Hall–Kier alpha value is -2.47. The fourth-order valence-corrected chi connectivity index (χ4v) is 3.62. The largest absolute Gasteiger partial charge is 0.467 e. The van der Waals surface area contributed by atoms with Gasteiger partial charge in [0, 0.05) is 17.1 Å². The first kappa shape index (κ1) is 19.8. The third kappa shape index (κ3) is 6.44. The van der Waals surface area contributed by atoms with E-state index in [1.807, 2.05) is 48.5 Å². The van der Waals surface area contributed by atoms with Crippen LogP contribution in [0.3, 0.4) is 0 Å². The third-order valence-corrected chi connectivity index (χ3v) is 5.31. The highest BCUT2D eigenvalue weighted by molar-refractivity contribution is 7.85. The van der Waals surface area contributed by atoms with Crippen molar-refractivity contribution in [2.75, 3.05) is 12.9 Å². The normalized spacial score (nSPS) is 12.8. The average molecular weight is 373 g/mol. The molecule has 2 aromatic carbocycles. The Morgan fingerprint density at radius 2 is 1.65 bits per heavy atom. The topological polar surface area (TPSA) is 72.5 Å². The van der Waals surface area contributed by atoms with Gasteiger partial charge < -0.3 is 10.1 Å². The lowest BCUT2D eigenvalue weighted by Gasteiger charge is -2.16. The van der Waals surface area contributed by atoms with Gasteiger partial charge in [-0.25, -0.2) is 4.79 Å². The smallest absolute Gasteiger partial charge is 0.328 e. The van der Waals surface area contributed by atoms with Gasteiger partial charge in [-0.3, -0.25) is 9.00 Å². The molecule has 0 saturated heterocycles. The number of hydrogen-bond donors (Lipinski definition) is 1. The molecule has 5 nitrogen and oxygen atoms in total. The Morgan fingerprint density at radius 1 is 1.04 bits per heavy atom. The van der Waals surface area contributed by atoms with Crippen molar-refractivity contribution in [1.82, 2.24) is 5.32 Å². The summed E-state index contributed by atoms with van der Waals surface area (Å²) in [5.74, 6) is -0.485. The van der Waals surface area contributed by atoms with E-state index in [2.05, 4.69) is 5.32 Å². The molecule has 0 aromatic heterocycles. The summed E-state index contributed by atoms with van der Waals surface area (Å²) < 4.78 is 17.1. The number of carbonyl (C=O) groups is 2. The number of esters is 1. The zero-order valence-electron chi connectivity index (χ0n) is 14.7. The Morgan fingerprint density at radius 3 is 2.27 bits per heavy atom. The predicted molar refractivity (Wildman–Crippen MR) is 101 cm³/mol. The Labute approximate surface area is 156 Å². The van der Waals surface area contributed by atoms with E-state index in [1.165, 1.54) is 7.11 Å². The molecular weight excluding hydrogens is 350 g/mol. The summed E-state index contributed by atoms with van der Waals surface area (Å²) in [6.07, 6.45) is 1.13. The number of ether oxygens (including phenoxy) is 1. The zero-order valence-corrected chi connectivity index (χ0v) is 15.5. The van der Waals surface area contributed by atoms with Crippen LogP contribution >= 0.6 is 0 Å². The minimum atomic E-state index is -1.23. The molecule has 2 atom stereocenters. The van der Waals surface area contributed by atoms with Gasteiger partial charge in [0.1, 0.15) is 6.04 Å². The Bertz CT molecular complexity index is 734. The van der Waals surface area contributed by atoms with Gasteiger partial charge in [-0.15, -0.1) is 0 Å². The molecule has 0 radical (unpaired) electrons. The van der Waals surface area contributed by atoms with Crippen molar-refractivity contribution in [3.8, 4) is 0 Å². The van der Waals surface area contributed by atoms with Gasteiger partial charge in [0.05, 0.1) is 17.9 Å². The van der Waals surface area contributed by atoms with Gasteiger partial charge in [0.2, 0.25) is 5.91 Å². The molecule has 0 fully saturated rings. The van der Waals surface area contributed by atoms with Gasteiger partial charge >= 0.3 is 5.97 Å². The van der Waals surface area contributed by atoms with Crippen molar-refractivity contribution in [2.24, 2.45) is 0 Å². The number of amides is 1. The van der Waals surface area contributed by atoms with Crippen LogP contribution in [0.4, 0.5) is 0 Å². The molecule has 0 bridgehead atoms. The maximum absolute atomic E-state index is 12.3. The Balaban J connectivity index is 1.87. The van der Waals surface area contributed by atoms with Crippen LogP contribution in [-0.4, -0.2) is 35.0 Å². The van der Waals surface area contributed by atoms with E-state index in [-0.39, 0.29) is 24.5 Å². The lowest BCUT2D eigenvalue weighted by atomic mass is 10.1. The number of benzene rings is 2. The van der Waals surface area contributed by atoms with Gasteiger partial charge in [0.25, 0.3) is 0 Å². The molecule has 2 aromatic rings. The maximum atomic E-state index is 12.3. The number of nitrogens with one attached hydrogen (secondary N) is 1. The van der Waals surface area contributed by atoms with Crippen LogP contribution in [0, 0.1) is 0 Å². The van der Waals surface area contributed by atoms with Gasteiger partial charge in [-0.1, -0.05) is 48.5 Å². The van der Waals surface area contributed by atoms with Crippen molar-refractivity contribution in [3.63, 3.8) is 0 Å². The Kier molecular flexibility index (Phi) is 8.02. The van der Waals surface area contributed by atoms with Crippen LogP contribution in [0.15, 0.2) is 65.6 Å². The highest BCUT2D eigenvalue weighted by atomic mass is 32.2. The van der Waals surface area contributed by atoms with E-state index >= 15 is 0 Å². The molecule has 0 heterocycles. The second-order valence-corrected chi connectivity index (χ2v) is 7.35. The fraction of sp³-hybridized carbons (Fsp3) is 0.300. The van der Waals surface area contributed by atoms with E-state index < -0.39 is 22.8 Å². The molecule has 0 aliphatic rings. The second-order valence-electron chi connectivity index (χ2n) is 5.78. The van der Waals surface area contributed by atoms with E-state index in [4.69, 9.17) is 4.74 Å². The predicted octanol–water partition coefficient (Wildman–Crippen LogP) is 2.47. The molecule has 0 unspecified atom stereocenters. The first-order chi connectivity index (χ1) is 12.6. The van der Waals surface area contributed by atoms with Gasteiger partial charge in [-0.2, -0.15) is 0 Å². The first-order valence-corrected chi connectivity index (χ1v) is 9.76. The molecule has 6 heteroatoms. The standard InChI is InChI=1S/C20H23NO4S/c1-25-20(23)18(14-15-26(24)17-10-6-3-7-11-17)21-19(22)13-12-16-8-4-2-5-9-16/h2-11,18H,12-15H2,1H3,(H,21,22)/t18-,26+/m1/s1. The first-order valence-electron chi connectivity index (χ1n) is 8.44. The summed E-state index contributed by atoms with van der Waals surface area (Å²) >= 11 is 0. The van der Waals surface area contributed by atoms with Crippen LogP contribution in [0.1, 0.15) is 18.4 Å². The van der Waals surface area contributed by atoms with E-state index in [0.717, 1.165) is 5.56 Å². The van der Waals surface area contributed by atoms with Crippen LogP contribution in [0.25, 0.3) is 0 Å². The summed E-state index contributed by atoms with van der Waals surface area (Å²) in [5.41, 5.74) is 1.06. The summed E-state index contributed by atoms with van der Waals surface area (Å²) in [7, 11) is 0.0475. The van der Waals surface area contributed by atoms with Crippen LogP contribution < -0.4 is 5.32 Å². The number of hydrogen-bond acceptors (Lipinski definition) is 4. The lowest BCUT2D eigenvalue weighted by molar-refractivity contribution is -0.145. The summed E-state index contributed by atoms with van der Waals surface area (Å²) in [4.78, 5) is 24.8. The summed E-state index contributed by atoms with van der Waals surface area (Å²) in [6, 6.07) is 17.9. The van der Waals surface area contributed by atoms with Crippen LogP contribution in [0.2, 0.25) is 0 Å². The number of carbonyl (C=O) groups excluding carboxylic acids is 2. The quantitative estimate of drug-likeness (QED) is 0.686. The molecule has 0 spiro atoms. The van der Waals surface area contributed by atoms with Gasteiger partial charge in [0.15, 0.2) is 0 Å². The molecule has 138 valence electrons. The molecule has 2 rings (SSSR count). The van der Waals surface area contributed by atoms with Crippen molar-refractivity contribution in [3.05, 3.63) is 66.2 Å². The zero-order chi connectivity index (χ0) is 18.8. The number of aryl methyl sites for hydroxylation is 1. The van der Waals surface area contributed by atoms with E-state index in [9.17, 15) is 13.8 Å². The van der Waals surface area contributed by atoms with E-state index in [0.29, 0.717) is 11.3 Å². The summed E-state index contributed by atoms with van der Waals surface area (Å²) in [5, 5.41) is 2.70. The van der Waals surface area contributed by atoms with Crippen molar-refractivity contribution < 1.29 is 18.5 Å². The monoisotopic (exact) mass is 373 g/mol. The molecule has 0 aliphatic heterocycles. The van der Waals surface area contributed by atoms with E-state index in [1.54, 1.807) is 12.1 Å². The highest BCUT2D eigenvalue weighted by Gasteiger charge is 2.22. The van der Waals surface area contributed by atoms with Gasteiger partial charge in [-0.05, 0) is 30.5 Å². The molecule has 0 saturated carbocycles. The third-order valence-electron chi connectivity index (χ3n) is 3.90. The molecule has 26 heavy (non-hydrogen) atoms. The van der Waals surface area contributed by atoms with Crippen LogP contribution in [0.5, 0.6) is 0 Å². The summed E-state index contributed by atoms with van der Waals surface area (Å²) in [6.45, 7) is 0. The molecule has 1 N–H and O–H groups in total. The maximum Gasteiger partial charge on any atom is 0.328 e. The molecule has 1 amide bonds. The molecular formula is C20H23NO4S. The minimum absolute atomic E-state index is 0.227. The SMILES string of the molecule is COC(=O)[C@@H](CC[S@](=O)c1ccccc1)NC(=O)CCc1ccccc1. The number of methoxy groups -OCH3 is 1. The average Bonchev–Trinajstić information content (AvgIpc) is 2.70. The molecule has 0 aliphatic carbocycles. The van der Waals surface area contributed by atoms with Crippen LogP contribution in [-0.2, 0) is 31.5 Å². The minimum Gasteiger partial charge on any atom is -0.467 e. The van der Waals surface area contributed by atoms with Crippen molar-refractivity contribution >= 4 is 22.7 Å². The highest BCUT2D eigenvalue weighted by Crippen LogP contribution is 2.09. The fourth-order valence-electron chi connectivity index (χ4n) is 2.48. The van der Waals surface area contributed by atoms with Crippen molar-refractivity contribution in [2.45, 2.75) is 30.2 Å². The second kappa shape index (κ2) is 10.5. The lowest BCUT2D eigenvalue weighted by Crippen LogP contribution is -2.42.